The molecule has 0 bridgehead atoms. The normalized spacial score (nSPS) is 12.0. The average Bonchev–Trinajstić information content (AvgIpc) is 3.59. The minimum atomic E-state index is 0.802. The van der Waals surface area contributed by atoms with Crippen molar-refractivity contribution in [3.8, 4) is 33.8 Å². The van der Waals surface area contributed by atoms with Crippen molar-refractivity contribution in [1.29, 1.82) is 0 Å². The maximum atomic E-state index is 6.75. The molecular formula is C48H32N2OS. The van der Waals surface area contributed by atoms with Gasteiger partial charge in [-0.25, -0.2) is 0 Å². The second kappa shape index (κ2) is 12.6. The third-order valence-electron chi connectivity index (χ3n) is 9.81. The van der Waals surface area contributed by atoms with Crippen LogP contribution in [0.4, 0.5) is 34.1 Å². The van der Waals surface area contributed by atoms with E-state index < -0.39 is 0 Å². The van der Waals surface area contributed by atoms with E-state index in [0.29, 0.717) is 0 Å². The second-order valence-corrected chi connectivity index (χ2v) is 14.1. The molecule has 1 aliphatic rings. The van der Waals surface area contributed by atoms with Crippen molar-refractivity contribution in [1.82, 2.24) is 0 Å². The van der Waals surface area contributed by atoms with Gasteiger partial charge >= 0.3 is 0 Å². The lowest BCUT2D eigenvalue weighted by Crippen LogP contribution is -2.17. The van der Waals surface area contributed by atoms with Gasteiger partial charge in [-0.15, -0.1) is 11.3 Å². The second-order valence-electron chi connectivity index (χ2n) is 13.0. The summed E-state index contributed by atoms with van der Waals surface area (Å²) < 4.78 is 9.32. The summed E-state index contributed by atoms with van der Waals surface area (Å²) in [5, 5.41) is 2.59. The number of hydrogen-bond donors (Lipinski definition) is 0. The standard InChI is InChI=1S/C48H32N2OS/c1-3-13-33(14-4-1)35-17-11-19-37(29-35)49(38-20-12-18-36(30-38)34-15-5-2-6-16-34)39-26-28-44-46(31-39)51-45-23-9-8-22-43(45)50(44)40-25-27-42-41-21-7-10-24-47(41)52-48(42)32-40/h1-32H. The molecule has 246 valence electrons. The van der Waals surface area contributed by atoms with E-state index in [2.05, 4.69) is 198 Å². The Morgan fingerprint density at radius 2 is 0.962 bits per heavy atom. The van der Waals surface area contributed by atoms with E-state index >= 15 is 0 Å². The number of benzene rings is 8. The zero-order chi connectivity index (χ0) is 34.4. The van der Waals surface area contributed by atoms with E-state index in [0.717, 1.165) is 56.8 Å². The molecule has 0 amide bonds. The molecule has 9 aromatic rings. The molecule has 0 N–H and O–H groups in total. The Bertz CT molecular complexity index is 2650. The molecule has 8 aromatic carbocycles. The summed E-state index contributed by atoms with van der Waals surface area (Å²) in [6.45, 7) is 0. The van der Waals surface area contributed by atoms with Crippen molar-refractivity contribution in [3.63, 3.8) is 0 Å². The molecular weight excluding hydrogens is 653 g/mol. The predicted octanol–water partition coefficient (Wildman–Crippen LogP) is 14.4. The van der Waals surface area contributed by atoms with Gasteiger partial charge in [-0.3, -0.25) is 0 Å². The smallest absolute Gasteiger partial charge is 0.153 e. The minimum Gasteiger partial charge on any atom is -0.453 e. The van der Waals surface area contributed by atoms with Crippen LogP contribution >= 0.6 is 11.3 Å². The number of nitrogens with zero attached hydrogens (tertiary/aromatic N) is 2. The van der Waals surface area contributed by atoms with Crippen molar-refractivity contribution in [3.05, 3.63) is 194 Å². The van der Waals surface area contributed by atoms with Gasteiger partial charge < -0.3 is 14.5 Å². The Morgan fingerprint density at radius 1 is 0.385 bits per heavy atom. The topological polar surface area (TPSA) is 15.7 Å². The first-order valence-corrected chi connectivity index (χ1v) is 18.3. The number of rotatable bonds is 6. The summed E-state index contributed by atoms with van der Waals surface area (Å²) in [5.74, 6) is 1.63. The zero-order valence-corrected chi connectivity index (χ0v) is 29.0. The average molecular weight is 685 g/mol. The summed E-state index contributed by atoms with van der Waals surface area (Å²) in [7, 11) is 0. The maximum Gasteiger partial charge on any atom is 0.153 e. The first-order chi connectivity index (χ1) is 25.8. The molecule has 4 heteroatoms. The number of anilines is 6. The van der Waals surface area contributed by atoms with Crippen LogP contribution in [0.5, 0.6) is 11.5 Å². The van der Waals surface area contributed by atoms with E-state index in [1.165, 1.54) is 31.3 Å². The maximum absolute atomic E-state index is 6.75. The Morgan fingerprint density at radius 3 is 1.69 bits per heavy atom. The number of ether oxygens (including phenoxy) is 1. The van der Waals surface area contributed by atoms with Crippen LogP contribution in [0.3, 0.4) is 0 Å². The molecule has 10 rings (SSSR count). The van der Waals surface area contributed by atoms with Crippen molar-refractivity contribution < 1.29 is 4.74 Å². The molecule has 3 nitrogen and oxygen atoms in total. The van der Waals surface area contributed by atoms with E-state index in [4.69, 9.17) is 4.74 Å². The number of thiophene rings is 1. The SMILES string of the molecule is c1ccc(-c2cccc(N(c3cccc(-c4ccccc4)c3)c3ccc4c(c3)Oc3ccccc3N4c3ccc4c(c3)sc3ccccc34)c2)cc1. The van der Waals surface area contributed by atoms with Gasteiger partial charge in [0.25, 0.3) is 0 Å². The predicted molar refractivity (Wildman–Crippen MR) is 220 cm³/mol. The lowest BCUT2D eigenvalue weighted by atomic mass is 10.0. The molecule has 1 aliphatic heterocycles. The van der Waals surface area contributed by atoms with Crippen LogP contribution in [0.25, 0.3) is 42.4 Å². The lowest BCUT2D eigenvalue weighted by molar-refractivity contribution is 0.477. The highest BCUT2D eigenvalue weighted by atomic mass is 32.1. The molecule has 0 spiro atoms. The Balaban J connectivity index is 1.13. The summed E-state index contributed by atoms with van der Waals surface area (Å²) in [6, 6.07) is 69.0. The third kappa shape index (κ3) is 5.29. The van der Waals surface area contributed by atoms with Gasteiger partial charge in [-0.2, -0.15) is 0 Å². The molecule has 0 unspecified atom stereocenters. The van der Waals surface area contributed by atoms with Gasteiger partial charge in [0, 0.05) is 49.0 Å². The largest absolute Gasteiger partial charge is 0.453 e. The summed E-state index contributed by atoms with van der Waals surface area (Å²) in [6.07, 6.45) is 0. The van der Waals surface area contributed by atoms with Gasteiger partial charge in [0.1, 0.15) is 0 Å². The Hall–Kier alpha value is -6.62. The minimum absolute atomic E-state index is 0.802. The summed E-state index contributed by atoms with van der Waals surface area (Å²) in [5.41, 5.74) is 10.9. The fourth-order valence-corrected chi connectivity index (χ4v) is 8.51. The number of fused-ring (bicyclic) bond motifs is 5. The molecule has 0 aliphatic carbocycles. The van der Waals surface area contributed by atoms with E-state index in [1.807, 2.05) is 17.4 Å². The van der Waals surface area contributed by atoms with E-state index in [-0.39, 0.29) is 0 Å². The highest BCUT2D eigenvalue weighted by molar-refractivity contribution is 7.25. The van der Waals surface area contributed by atoms with Crippen LogP contribution < -0.4 is 14.5 Å². The molecule has 0 fully saturated rings. The third-order valence-corrected chi connectivity index (χ3v) is 10.9. The van der Waals surface area contributed by atoms with Crippen LogP contribution in [0.1, 0.15) is 0 Å². The fourth-order valence-electron chi connectivity index (χ4n) is 7.37. The van der Waals surface area contributed by atoms with Crippen LogP contribution in [0, 0.1) is 0 Å². The molecule has 0 saturated carbocycles. The van der Waals surface area contributed by atoms with Crippen molar-refractivity contribution in [2.24, 2.45) is 0 Å². The van der Waals surface area contributed by atoms with E-state index in [9.17, 15) is 0 Å². The zero-order valence-electron chi connectivity index (χ0n) is 28.2. The van der Waals surface area contributed by atoms with Gasteiger partial charge in [0.05, 0.1) is 11.4 Å². The van der Waals surface area contributed by atoms with Crippen molar-refractivity contribution in [2.75, 3.05) is 9.80 Å². The quantitative estimate of drug-likeness (QED) is 0.173. The number of hydrogen-bond acceptors (Lipinski definition) is 4. The number of para-hydroxylation sites is 2. The molecule has 52 heavy (non-hydrogen) atoms. The van der Waals surface area contributed by atoms with E-state index in [1.54, 1.807) is 0 Å². The molecule has 0 atom stereocenters. The van der Waals surface area contributed by atoms with Gasteiger partial charge in [-0.05, 0) is 89.0 Å². The van der Waals surface area contributed by atoms with Gasteiger partial charge in [-0.1, -0.05) is 121 Å². The fraction of sp³-hybridized carbons (Fsp3) is 0. The van der Waals surface area contributed by atoms with Crippen molar-refractivity contribution in [2.45, 2.75) is 0 Å². The van der Waals surface area contributed by atoms with Crippen molar-refractivity contribution >= 4 is 65.6 Å². The van der Waals surface area contributed by atoms with Crippen LogP contribution in [-0.4, -0.2) is 0 Å². The highest BCUT2D eigenvalue weighted by Crippen LogP contribution is 2.53. The first-order valence-electron chi connectivity index (χ1n) is 17.5. The molecule has 1 aromatic heterocycles. The summed E-state index contributed by atoms with van der Waals surface area (Å²) >= 11 is 1.84. The van der Waals surface area contributed by atoms with Crippen LogP contribution in [0.15, 0.2) is 194 Å². The highest BCUT2D eigenvalue weighted by Gasteiger charge is 2.27. The molecule has 0 saturated heterocycles. The van der Waals surface area contributed by atoms with Gasteiger partial charge in [0.2, 0.25) is 0 Å². The molecule has 2 heterocycles. The molecule has 0 radical (unpaired) electrons. The summed E-state index contributed by atoms with van der Waals surface area (Å²) in [4.78, 5) is 4.66. The monoisotopic (exact) mass is 684 g/mol. The Kier molecular flexibility index (Phi) is 7.33. The Labute approximate surface area is 306 Å². The lowest BCUT2D eigenvalue weighted by Gasteiger charge is -2.34. The van der Waals surface area contributed by atoms with Crippen LogP contribution in [-0.2, 0) is 0 Å². The van der Waals surface area contributed by atoms with Gasteiger partial charge in [0.15, 0.2) is 11.5 Å². The van der Waals surface area contributed by atoms with Crippen LogP contribution in [0.2, 0.25) is 0 Å². The first kappa shape index (κ1) is 30.2.